The number of thiophene rings is 6. The first-order valence-electron chi connectivity index (χ1n) is 34.9. The molecular formula is C89H76BrCl4FO14S7. The first kappa shape index (κ1) is 92.2. The van der Waals surface area contributed by atoms with Gasteiger partial charge in [0.1, 0.15) is 46.1 Å². The van der Waals surface area contributed by atoms with Crippen molar-refractivity contribution in [2.24, 2.45) is 0 Å². The number of carbonyl (C=O) groups excluding carboxylic acids is 7. The molecule has 1 atom stereocenters. The molecule has 0 radical (unpaired) electrons. The molecule has 1 unspecified atom stereocenters. The van der Waals surface area contributed by atoms with Crippen LogP contribution in [-0.4, -0.2) is 82.0 Å². The second-order valence-corrected chi connectivity index (χ2v) is 35.8. The molecule has 27 heteroatoms. The lowest BCUT2D eigenvalue weighted by Gasteiger charge is -2.19. The Balaban J connectivity index is 0.000000169. The minimum absolute atomic E-state index is 0.000823. The van der Waals surface area contributed by atoms with E-state index in [9.17, 15) is 73.7 Å². The van der Waals surface area contributed by atoms with Crippen LogP contribution in [0.4, 0.5) is 4.39 Å². The number of halogens is 6. The number of hydrogen-bond acceptors (Lipinski definition) is 21. The Hall–Kier alpha value is -9.31. The van der Waals surface area contributed by atoms with Gasteiger partial charge in [0, 0.05) is 58.1 Å². The van der Waals surface area contributed by atoms with Crippen LogP contribution in [0.3, 0.4) is 0 Å². The number of aryl methyl sites for hydroxylation is 1. The highest BCUT2D eigenvalue weighted by Crippen LogP contribution is 2.47. The number of hydrogen-bond donors (Lipinski definition) is 7. The van der Waals surface area contributed by atoms with Crippen molar-refractivity contribution in [2.75, 3.05) is 5.75 Å². The van der Waals surface area contributed by atoms with Gasteiger partial charge < -0.3 is 35.7 Å². The third-order valence-electron chi connectivity index (χ3n) is 17.2. The van der Waals surface area contributed by atoms with Gasteiger partial charge in [-0.25, -0.2) is 4.39 Å². The lowest BCUT2D eigenvalue weighted by Crippen LogP contribution is -2.10. The van der Waals surface area contributed by atoms with E-state index in [1.54, 1.807) is 86.9 Å². The zero-order chi connectivity index (χ0) is 85.3. The van der Waals surface area contributed by atoms with Gasteiger partial charge in [-0.05, 0) is 166 Å². The third-order valence-corrected chi connectivity index (χ3v) is 26.3. The second kappa shape index (κ2) is 41.7. The summed E-state index contributed by atoms with van der Waals surface area (Å²) >= 11 is 36.3. The molecule has 0 saturated carbocycles. The van der Waals surface area contributed by atoms with Gasteiger partial charge in [0.25, 0.3) is 0 Å². The number of ketones is 7. The van der Waals surface area contributed by atoms with Crippen LogP contribution in [-0.2, 0) is 10.2 Å². The van der Waals surface area contributed by atoms with E-state index in [1.165, 1.54) is 152 Å². The van der Waals surface area contributed by atoms with Crippen LogP contribution < -0.4 is 0 Å². The van der Waals surface area contributed by atoms with E-state index in [-0.39, 0.29) is 97.2 Å². The molecule has 7 heterocycles. The largest absolute Gasteiger partial charge is 0.510 e. The molecule has 14 nitrogen and oxygen atoms in total. The summed E-state index contributed by atoms with van der Waals surface area (Å²) in [4.78, 5) is 82.8. The first-order valence-corrected chi connectivity index (χ1v) is 43.5. The van der Waals surface area contributed by atoms with Crippen molar-refractivity contribution >= 4 is 183 Å². The summed E-state index contributed by atoms with van der Waals surface area (Å²) in [5.74, 6) is -0.268. The van der Waals surface area contributed by atoms with Crippen molar-refractivity contribution in [1.82, 2.24) is 0 Å². The van der Waals surface area contributed by atoms with Crippen molar-refractivity contribution in [3.05, 3.63) is 288 Å². The van der Waals surface area contributed by atoms with E-state index < -0.39 is 0 Å². The lowest BCUT2D eigenvalue weighted by molar-refractivity contribution is -0.113. The van der Waals surface area contributed by atoms with Crippen LogP contribution in [0.15, 0.2) is 212 Å². The molecule has 1 aliphatic rings. The van der Waals surface area contributed by atoms with E-state index in [4.69, 9.17) is 46.4 Å². The fourth-order valence-electron chi connectivity index (χ4n) is 10.8. The molecule has 1 aliphatic heterocycles. The molecule has 0 saturated heterocycles. The van der Waals surface area contributed by atoms with E-state index >= 15 is 0 Å². The summed E-state index contributed by atoms with van der Waals surface area (Å²) in [5.41, 5.74) is 11.2. The predicted molar refractivity (Wildman–Crippen MR) is 482 cm³/mol. The van der Waals surface area contributed by atoms with Crippen LogP contribution in [0, 0.1) is 12.7 Å². The monoisotopic (exact) mass is 1830 g/mol. The van der Waals surface area contributed by atoms with E-state index in [0.717, 1.165) is 52.5 Å². The summed E-state index contributed by atoms with van der Waals surface area (Å²) < 4.78 is 14.0. The standard InChI is InChI=1S/C16H18O2S.C13H12O2S.C12H9BrO2S.C12H8Cl2O2S.2C12H9ClO2S.C12H11FO2S/c1-10(17)13-9-19-15(14(13)18)11-5-7-12(8-6-11)16(2,3)4;1-8-3-5-10(6-4-8)13-12(15)11(7-16-13)9(2)14;1-7(14)10-6-16-12(11(10)15)8-2-4-9(13)5-3-8;1-6(15)8-5-17-12(11(8)16)7-2-3-9(13)10(14)4-7;1-7(14)10-6-16-12(11(10)15)8-2-4-9(13)5-3-8;2*1-7(14)10-6-16-12(11(10)15)8-3-2-4-9(13)5-8/h5-9,18H,1-4H3;3-7,15H,1-2H3;2-6,15H,1H3;2-5,16H,1H3;2*2-6,15H,1H3;2-5,12,15H,6H2,1H3. The summed E-state index contributed by atoms with van der Waals surface area (Å²) in [5, 5.41) is 81.3. The van der Waals surface area contributed by atoms with Gasteiger partial charge in [-0.1, -0.05) is 192 Å². The van der Waals surface area contributed by atoms with Crippen molar-refractivity contribution in [1.29, 1.82) is 0 Å². The molecule has 13 aromatic rings. The molecule has 0 spiro atoms. The molecule has 0 aliphatic carbocycles. The van der Waals surface area contributed by atoms with Gasteiger partial charge in [-0.15, -0.1) is 79.8 Å². The molecule has 116 heavy (non-hydrogen) atoms. The minimum atomic E-state index is -0.331. The summed E-state index contributed by atoms with van der Waals surface area (Å²) in [7, 11) is 0. The van der Waals surface area contributed by atoms with E-state index in [1.807, 2.05) is 91.9 Å². The van der Waals surface area contributed by atoms with E-state index in [2.05, 4.69) is 48.8 Å². The highest BCUT2D eigenvalue weighted by molar-refractivity contribution is 9.10. The molecule has 0 amide bonds. The number of aliphatic hydroxyl groups excluding tert-OH is 1. The predicted octanol–water partition coefficient (Wildman–Crippen LogP) is 27.9. The second-order valence-electron chi connectivity index (χ2n) is 26.8. The SMILES string of the molecule is CC(=O)C1=C(O)C(c2cccc(F)c2)SC1.CC(=O)c1csc(-c2ccc(Br)cc2)c1O.CC(=O)c1csc(-c2ccc(C(C)(C)C)cc2)c1O.CC(=O)c1csc(-c2ccc(C)cc2)c1O.CC(=O)c1csc(-c2ccc(Cl)c(Cl)c2)c1O.CC(=O)c1csc(-c2ccc(Cl)cc2)c1O.CC(=O)c1csc(-c2cccc(Cl)c2)c1O. The molecule has 0 fully saturated rings. The number of aromatic hydroxyl groups is 6. The van der Waals surface area contributed by atoms with Gasteiger partial charge >= 0.3 is 0 Å². The van der Waals surface area contributed by atoms with Crippen LogP contribution in [0.2, 0.25) is 20.1 Å². The van der Waals surface area contributed by atoms with Crippen molar-refractivity contribution in [3.8, 4) is 97.1 Å². The third kappa shape index (κ3) is 24.0. The van der Waals surface area contributed by atoms with Crippen LogP contribution in [0.25, 0.3) is 62.6 Å². The average Bonchev–Trinajstić information content (AvgIpc) is 1.01. The zero-order valence-electron chi connectivity index (χ0n) is 64.0. The van der Waals surface area contributed by atoms with Gasteiger partial charge in [0.2, 0.25) is 0 Å². The summed E-state index contributed by atoms with van der Waals surface area (Å²) in [6.07, 6.45) is 0. The maximum atomic E-state index is 13.0. The summed E-state index contributed by atoms with van der Waals surface area (Å²) in [6, 6.07) is 49.1. The van der Waals surface area contributed by atoms with Crippen LogP contribution in [0.1, 0.15) is 153 Å². The number of Topliss-reactive ketones (excluding diaryl/α,β-unsaturated/α-hetero) is 7. The average molecular weight is 1830 g/mol. The summed E-state index contributed by atoms with van der Waals surface area (Å²) in [6.45, 7) is 18.6. The highest BCUT2D eigenvalue weighted by atomic mass is 79.9. The number of aliphatic hydroxyl groups is 1. The number of thioether (sulfide) groups is 1. The Morgan fingerprint density at radius 3 is 1.03 bits per heavy atom. The Bertz CT molecular complexity index is 5530. The Morgan fingerprint density at radius 1 is 0.379 bits per heavy atom. The quantitative estimate of drug-likeness (QED) is 0.0499. The van der Waals surface area contributed by atoms with Gasteiger partial charge in [-0.3, -0.25) is 33.6 Å². The normalized spacial score (nSPS) is 12.0. The maximum absolute atomic E-state index is 13.0. The molecule has 0 bridgehead atoms. The van der Waals surface area contributed by atoms with Crippen molar-refractivity contribution in [3.63, 3.8) is 0 Å². The molecule has 6 aromatic heterocycles. The van der Waals surface area contributed by atoms with Gasteiger partial charge in [-0.2, -0.15) is 0 Å². The van der Waals surface area contributed by atoms with Crippen LogP contribution >= 0.6 is 142 Å². The van der Waals surface area contributed by atoms with Gasteiger partial charge in [0.05, 0.1) is 77.9 Å². The zero-order valence-corrected chi connectivity index (χ0v) is 74.3. The molecule has 7 aromatic carbocycles. The Morgan fingerprint density at radius 2 is 0.707 bits per heavy atom. The van der Waals surface area contributed by atoms with Gasteiger partial charge in [0.15, 0.2) is 40.5 Å². The minimum Gasteiger partial charge on any atom is -0.510 e. The fraction of sp³-hybridized carbons (Fsp3) is 0.157. The van der Waals surface area contributed by atoms with Crippen molar-refractivity contribution in [2.45, 2.75) is 86.8 Å². The van der Waals surface area contributed by atoms with E-state index in [0.29, 0.717) is 85.0 Å². The van der Waals surface area contributed by atoms with Crippen LogP contribution in [0.5, 0.6) is 34.5 Å². The molecular weight excluding hydrogens is 1760 g/mol. The fourth-order valence-corrected chi connectivity index (χ4v) is 19.0. The smallest absolute Gasteiger partial charge is 0.164 e. The topological polar surface area (TPSA) is 261 Å². The Kier molecular flexibility index (Phi) is 33.1. The lowest BCUT2D eigenvalue weighted by atomic mass is 9.86. The van der Waals surface area contributed by atoms with Crippen molar-refractivity contribution < 1.29 is 73.7 Å². The molecule has 7 N–H and O–H groups in total. The maximum Gasteiger partial charge on any atom is 0.164 e. The highest BCUT2D eigenvalue weighted by Gasteiger charge is 2.30. The first-order chi connectivity index (χ1) is 54.8. The number of benzene rings is 7. The molecule has 14 rings (SSSR count). The number of rotatable bonds is 14. The molecule has 600 valence electrons. The Labute approximate surface area is 727 Å². The number of carbonyl (C=O) groups is 7.